The van der Waals surface area contributed by atoms with Crippen LogP contribution in [0.2, 0.25) is 5.02 Å². The summed E-state index contributed by atoms with van der Waals surface area (Å²) in [7, 11) is 1.54. The average Bonchev–Trinajstić information content (AvgIpc) is 2.22. The van der Waals surface area contributed by atoms with E-state index < -0.39 is 11.9 Å². The lowest BCUT2D eigenvalue weighted by molar-refractivity contribution is -0.121. The van der Waals surface area contributed by atoms with E-state index in [0.29, 0.717) is 5.69 Å². The molecule has 1 atom stereocenters. The summed E-state index contributed by atoms with van der Waals surface area (Å²) in [6, 6.07) is 3.89. The molecule has 0 aliphatic heterocycles. The molecule has 1 aromatic carbocycles. The van der Waals surface area contributed by atoms with Gasteiger partial charge in [0.25, 0.3) is 0 Å². The Hall–Kier alpha value is -1.29. The number of benzene rings is 1. The zero-order valence-corrected chi connectivity index (χ0v) is 9.23. The Kier molecular flexibility index (Phi) is 3.91. The minimum absolute atomic E-state index is 0.0631. The molecule has 0 fully saturated rings. The van der Waals surface area contributed by atoms with Crippen LogP contribution >= 0.6 is 11.6 Å². The van der Waals surface area contributed by atoms with Crippen molar-refractivity contribution in [2.75, 3.05) is 12.4 Å². The van der Waals surface area contributed by atoms with Crippen LogP contribution in [0, 0.1) is 5.82 Å². The van der Waals surface area contributed by atoms with Gasteiger partial charge in [0.05, 0.1) is 5.02 Å². The third kappa shape index (κ3) is 3.09. The molecule has 0 aliphatic rings. The number of carbonyl (C=O) groups excluding carboxylic acids is 1. The fourth-order valence-corrected chi connectivity index (χ4v) is 1.24. The first-order valence-electron chi connectivity index (χ1n) is 4.47. The van der Waals surface area contributed by atoms with E-state index in [1.807, 2.05) is 0 Å². The van der Waals surface area contributed by atoms with Crippen molar-refractivity contribution in [3.8, 4) is 0 Å². The maximum Gasteiger partial charge on any atom is 0.241 e. The van der Waals surface area contributed by atoms with Crippen LogP contribution in [-0.2, 0) is 4.79 Å². The predicted octanol–water partition coefficient (Wildman–Crippen LogP) is 2.03. The van der Waals surface area contributed by atoms with Crippen LogP contribution in [0.5, 0.6) is 0 Å². The van der Waals surface area contributed by atoms with Gasteiger partial charge in [-0.05, 0) is 25.1 Å². The van der Waals surface area contributed by atoms with Gasteiger partial charge in [0, 0.05) is 12.7 Å². The summed E-state index contributed by atoms with van der Waals surface area (Å²) in [4.78, 5) is 11.2. The first kappa shape index (κ1) is 11.8. The Labute approximate surface area is 92.6 Å². The van der Waals surface area contributed by atoms with E-state index in [1.54, 1.807) is 20.0 Å². The van der Waals surface area contributed by atoms with E-state index in [-0.39, 0.29) is 10.9 Å². The summed E-state index contributed by atoms with van der Waals surface area (Å²) < 4.78 is 13.0. The first-order valence-corrected chi connectivity index (χ1v) is 4.85. The molecule has 1 unspecified atom stereocenters. The van der Waals surface area contributed by atoms with E-state index in [0.717, 1.165) is 0 Å². The van der Waals surface area contributed by atoms with Gasteiger partial charge in [0.2, 0.25) is 5.91 Å². The molecule has 1 amide bonds. The van der Waals surface area contributed by atoms with E-state index >= 15 is 0 Å². The topological polar surface area (TPSA) is 41.1 Å². The maximum atomic E-state index is 13.0. The summed E-state index contributed by atoms with van der Waals surface area (Å²) in [6.07, 6.45) is 0. The number of rotatable bonds is 3. The van der Waals surface area contributed by atoms with Gasteiger partial charge in [-0.15, -0.1) is 0 Å². The van der Waals surface area contributed by atoms with Crippen LogP contribution in [0.3, 0.4) is 0 Å². The standard InChI is InChI=1S/C10H12ClFN2O/c1-6(10(15)13-2)14-7-3-4-8(11)9(12)5-7/h3-6,14H,1-2H3,(H,13,15). The molecule has 0 saturated heterocycles. The Morgan fingerprint density at radius 3 is 2.73 bits per heavy atom. The molecule has 2 N–H and O–H groups in total. The molecule has 0 aliphatic carbocycles. The highest BCUT2D eigenvalue weighted by Gasteiger charge is 2.10. The summed E-state index contributed by atoms with van der Waals surface area (Å²) in [5.41, 5.74) is 0.521. The lowest BCUT2D eigenvalue weighted by Gasteiger charge is -2.13. The van der Waals surface area contributed by atoms with Crippen molar-refractivity contribution >= 4 is 23.2 Å². The normalized spacial score (nSPS) is 12.0. The fraction of sp³-hybridized carbons (Fsp3) is 0.300. The predicted molar refractivity (Wildman–Crippen MR) is 58.6 cm³/mol. The molecule has 15 heavy (non-hydrogen) atoms. The van der Waals surface area contributed by atoms with Crippen LogP contribution in [0.4, 0.5) is 10.1 Å². The second kappa shape index (κ2) is 4.98. The summed E-state index contributed by atoms with van der Waals surface area (Å²) in [6.45, 7) is 1.69. The maximum absolute atomic E-state index is 13.0. The van der Waals surface area contributed by atoms with Gasteiger partial charge in [-0.2, -0.15) is 0 Å². The van der Waals surface area contributed by atoms with Crippen LogP contribution in [0.25, 0.3) is 0 Å². The van der Waals surface area contributed by atoms with E-state index in [4.69, 9.17) is 11.6 Å². The van der Waals surface area contributed by atoms with Crippen LogP contribution in [0.1, 0.15) is 6.92 Å². The molecule has 82 valence electrons. The van der Waals surface area contributed by atoms with Gasteiger partial charge < -0.3 is 10.6 Å². The number of hydrogen-bond donors (Lipinski definition) is 2. The quantitative estimate of drug-likeness (QED) is 0.834. The molecule has 1 aromatic rings. The third-order valence-electron chi connectivity index (χ3n) is 1.94. The average molecular weight is 231 g/mol. The van der Waals surface area contributed by atoms with Crippen LogP contribution in [-0.4, -0.2) is 19.0 Å². The van der Waals surface area contributed by atoms with Gasteiger partial charge in [-0.1, -0.05) is 11.6 Å². The molecule has 0 bridgehead atoms. The Morgan fingerprint density at radius 2 is 2.20 bits per heavy atom. The monoisotopic (exact) mass is 230 g/mol. The summed E-state index contributed by atoms with van der Waals surface area (Å²) >= 11 is 5.52. The van der Waals surface area contributed by atoms with Crippen molar-refractivity contribution in [2.24, 2.45) is 0 Å². The van der Waals surface area contributed by atoms with Gasteiger partial charge in [0.15, 0.2) is 0 Å². The summed E-state index contributed by atoms with van der Waals surface area (Å²) in [5, 5.41) is 5.40. The van der Waals surface area contributed by atoms with Crippen molar-refractivity contribution in [1.29, 1.82) is 0 Å². The first-order chi connectivity index (χ1) is 7.04. The van der Waals surface area contributed by atoms with Crippen LogP contribution < -0.4 is 10.6 Å². The molecular formula is C10H12ClFN2O. The highest BCUT2D eigenvalue weighted by molar-refractivity contribution is 6.30. The largest absolute Gasteiger partial charge is 0.374 e. The molecular weight excluding hydrogens is 219 g/mol. The second-order valence-corrected chi connectivity index (χ2v) is 3.52. The van der Waals surface area contributed by atoms with Gasteiger partial charge in [0.1, 0.15) is 11.9 Å². The molecule has 0 radical (unpaired) electrons. The van der Waals surface area contributed by atoms with E-state index in [1.165, 1.54) is 12.1 Å². The number of amides is 1. The molecule has 0 aromatic heterocycles. The zero-order chi connectivity index (χ0) is 11.4. The number of carbonyl (C=O) groups is 1. The molecule has 1 rings (SSSR count). The molecule has 0 heterocycles. The van der Waals surface area contributed by atoms with Crippen molar-refractivity contribution < 1.29 is 9.18 Å². The molecule has 0 saturated carbocycles. The Balaban J connectivity index is 2.73. The Morgan fingerprint density at radius 1 is 1.53 bits per heavy atom. The second-order valence-electron chi connectivity index (χ2n) is 3.11. The minimum atomic E-state index is -0.509. The molecule has 3 nitrogen and oxygen atoms in total. The zero-order valence-electron chi connectivity index (χ0n) is 8.47. The van der Waals surface area contributed by atoms with Gasteiger partial charge >= 0.3 is 0 Å². The summed E-state index contributed by atoms with van der Waals surface area (Å²) in [5.74, 6) is -0.670. The highest BCUT2D eigenvalue weighted by atomic mass is 35.5. The molecule has 0 spiro atoms. The number of hydrogen-bond acceptors (Lipinski definition) is 2. The third-order valence-corrected chi connectivity index (χ3v) is 2.25. The lowest BCUT2D eigenvalue weighted by atomic mass is 10.2. The Bertz CT molecular complexity index is 370. The van der Waals surface area contributed by atoms with E-state index in [2.05, 4.69) is 10.6 Å². The van der Waals surface area contributed by atoms with Gasteiger partial charge in [-0.25, -0.2) is 4.39 Å². The fourth-order valence-electron chi connectivity index (χ4n) is 1.12. The van der Waals surface area contributed by atoms with Crippen molar-refractivity contribution in [1.82, 2.24) is 5.32 Å². The number of likely N-dealkylation sites (N-methyl/N-ethyl adjacent to an activating group) is 1. The van der Waals surface area contributed by atoms with E-state index in [9.17, 15) is 9.18 Å². The lowest BCUT2D eigenvalue weighted by Crippen LogP contribution is -2.35. The SMILES string of the molecule is CNC(=O)C(C)Nc1ccc(Cl)c(F)c1. The van der Waals surface area contributed by atoms with Crippen LogP contribution in [0.15, 0.2) is 18.2 Å². The number of nitrogens with one attached hydrogen (secondary N) is 2. The van der Waals surface area contributed by atoms with Crippen molar-refractivity contribution in [2.45, 2.75) is 13.0 Å². The van der Waals surface area contributed by atoms with Crippen molar-refractivity contribution in [3.05, 3.63) is 29.0 Å². The minimum Gasteiger partial charge on any atom is -0.374 e. The van der Waals surface area contributed by atoms with Crippen molar-refractivity contribution in [3.63, 3.8) is 0 Å². The smallest absolute Gasteiger partial charge is 0.241 e. The number of halogens is 2. The highest BCUT2D eigenvalue weighted by Crippen LogP contribution is 2.19. The van der Waals surface area contributed by atoms with Gasteiger partial charge in [-0.3, -0.25) is 4.79 Å². The number of anilines is 1. The molecule has 5 heteroatoms.